The molecule has 0 amide bonds. The largest absolute Gasteiger partial charge is 0.491 e. The Morgan fingerprint density at radius 3 is 2.41 bits per heavy atom. The van der Waals surface area contributed by atoms with Crippen molar-refractivity contribution >= 4 is 0 Å². The average Bonchev–Trinajstić information content (AvgIpc) is 2.19. The molecule has 1 aromatic carbocycles. The second-order valence-corrected chi connectivity index (χ2v) is 5.06. The number of hydrogen-bond donors (Lipinski definition) is 1. The molecule has 1 unspecified atom stereocenters. The molecule has 1 rings (SSSR count). The minimum atomic E-state index is 0.0526. The highest BCUT2D eigenvalue weighted by Gasteiger charge is 2.09. The minimum Gasteiger partial charge on any atom is -0.491 e. The van der Waals surface area contributed by atoms with E-state index in [4.69, 9.17) is 10.5 Å². The van der Waals surface area contributed by atoms with Crippen LogP contribution in [-0.4, -0.2) is 31.6 Å². The smallest absolute Gasteiger partial charge is 0.122 e. The van der Waals surface area contributed by atoms with E-state index in [1.165, 1.54) is 0 Å². The summed E-state index contributed by atoms with van der Waals surface area (Å²) in [5.74, 6) is 0.945. The van der Waals surface area contributed by atoms with E-state index in [1.54, 1.807) is 0 Å². The molecular formula is C14H24N2O. The highest BCUT2D eigenvalue weighted by Crippen LogP contribution is 2.23. The first-order valence-electron chi connectivity index (χ1n) is 6.07. The first kappa shape index (κ1) is 14.0. The third-order valence-corrected chi connectivity index (χ3v) is 2.55. The van der Waals surface area contributed by atoms with Crippen molar-refractivity contribution in [2.45, 2.75) is 32.9 Å². The van der Waals surface area contributed by atoms with E-state index in [-0.39, 0.29) is 12.1 Å². The zero-order valence-electron chi connectivity index (χ0n) is 11.5. The van der Waals surface area contributed by atoms with Crippen LogP contribution in [0.5, 0.6) is 5.75 Å². The molecule has 0 heterocycles. The predicted molar refractivity (Wildman–Crippen MR) is 72.4 cm³/mol. The second kappa shape index (κ2) is 6.03. The molecule has 0 aliphatic heterocycles. The number of nitrogens with two attached hydrogens (primary N) is 1. The van der Waals surface area contributed by atoms with Gasteiger partial charge in [0.1, 0.15) is 5.75 Å². The summed E-state index contributed by atoms with van der Waals surface area (Å²) in [5, 5.41) is 0. The van der Waals surface area contributed by atoms with Crippen LogP contribution < -0.4 is 10.5 Å². The highest BCUT2D eigenvalue weighted by atomic mass is 16.5. The molecule has 0 fully saturated rings. The van der Waals surface area contributed by atoms with Crippen molar-refractivity contribution in [1.82, 2.24) is 4.90 Å². The maximum Gasteiger partial charge on any atom is 0.122 e. The van der Waals surface area contributed by atoms with Crippen molar-refractivity contribution in [3.05, 3.63) is 29.3 Å². The van der Waals surface area contributed by atoms with Crippen LogP contribution in [0.2, 0.25) is 0 Å². The standard InChI is InChI=1S/C14H24N2O/c1-10(2)17-14-7-6-12(8-11(14)3)13(15)9-16(4)5/h6-8,10,13H,9,15H2,1-5H3. The van der Waals surface area contributed by atoms with Gasteiger partial charge in [0.15, 0.2) is 0 Å². The molecule has 3 heteroatoms. The summed E-state index contributed by atoms with van der Waals surface area (Å²) in [5.41, 5.74) is 8.44. The van der Waals surface area contributed by atoms with Crippen LogP contribution in [0.15, 0.2) is 18.2 Å². The summed E-state index contributed by atoms with van der Waals surface area (Å²) in [6, 6.07) is 6.24. The van der Waals surface area contributed by atoms with Crippen molar-refractivity contribution < 1.29 is 4.74 Å². The molecule has 0 saturated heterocycles. The van der Waals surface area contributed by atoms with E-state index < -0.39 is 0 Å². The number of benzene rings is 1. The molecule has 2 N–H and O–H groups in total. The molecule has 1 atom stereocenters. The third-order valence-electron chi connectivity index (χ3n) is 2.55. The van der Waals surface area contributed by atoms with Crippen LogP contribution in [0.1, 0.15) is 31.0 Å². The Bertz CT molecular complexity index is 361. The van der Waals surface area contributed by atoms with Gasteiger partial charge >= 0.3 is 0 Å². The van der Waals surface area contributed by atoms with Crippen LogP contribution in [0, 0.1) is 6.92 Å². The molecule has 0 spiro atoms. The molecule has 0 aliphatic rings. The summed E-state index contributed by atoms with van der Waals surface area (Å²) in [7, 11) is 4.06. The molecule has 0 aliphatic carbocycles. The average molecular weight is 236 g/mol. The van der Waals surface area contributed by atoms with Gasteiger partial charge in [0, 0.05) is 12.6 Å². The van der Waals surface area contributed by atoms with Crippen molar-refractivity contribution in [2.75, 3.05) is 20.6 Å². The number of likely N-dealkylation sites (N-methyl/N-ethyl adjacent to an activating group) is 1. The van der Waals surface area contributed by atoms with E-state index in [0.29, 0.717) is 0 Å². The van der Waals surface area contributed by atoms with Crippen LogP contribution in [0.25, 0.3) is 0 Å². The Balaban J connectivity index is 2.81. The van der Waals surface area contributed by atoms with Crippen LogP contribution in [0.3, 0.4) is 0 Å². The number of rotatable bonds is 5. The van der Waals surface area contributed by atoms with Gasteiger partial charge in [0.25, 0.3) is 0 Å². The van der Waals surface area contributed by atoms with Gasteiger partial charge in [-0.05, 0) is 52.1 Å². The summed E-state index contributed by atoms with van der Waals surface area (Å²) < 4.78 is 5.71. The molecule has 0 bridgehead atoms. The van der Waals surface area contributed by atoms with Crippen molar-refractivity contribution in [2.24, 2.45) is 5.73 Å². The fourth-order valence-corrected chi connectivity index (χ4v) is 1.79. The zero-order chi connectivity index (χ0) is 13.0. The van der Waals surface area contributed by atoms with E-state index in [2.05, 4.69) is 24.0 Å². The third kappa shape index (κ3) is 4.36. The van der Waals surface area contributed by atoms with Gasteiger partial charge in [-0.25, -0.2) is 0 Å². The number of hydrogen-bond acceptors (Lipinski definition) is 3. The van der Waals surface area contributed by atoms with Gasteiger partial charge in [-0.15, -0.1) is 0 Å². The van der Waals surface area contributed by atoms with Gasteiger partial charge in [-0.2, -0.15) is 0 Å². The van der Waals surface area contributed by atoms with Gasteiger partial charge in [0.05, 0.1) is 6.10 Å². The Morgan fingerprint density at radius 2 is 1.94 bits per heavy atom. The summed E-state index contributed by atoms with van der Waals surface area (Å²) in [6.07, 6.45) is 0.204. The maximum atomic E-state index is 6.13. The van der Waals surface area contributed by atoms with Crippen molar-refractivity contribution in [3.63, 3.8) is 0 Å². The molecule has 0 radical (unpaired) electrons. The fraction of sp³-hybridized carbons (Fsp3) is 0.571. The first-order chi connectivity index (χ1) is 7.90. The van der Waals surface area contributed by atoms with Crippen LogP contribution in [-0.2, 0) is 0 Å². The molecule has 0 saturated carbocycles. The SMILES string of the molecule is Cc1cc(C(N)CN(C)C)ccc1OC(C)C. The lowest BCUT2D eigenvalue weighted by molar-refractivity contribution is 0.240. The molecular weight excluding hydrogens is 212 g/mol. The Hall–Kier alpha value is -1.06. The Morgan fingerprint density at radius 1 is 1.29 bits per heavy atom. The maximum absolute atomic E-state index is 6.13. The number of ether oxygens (including phenoxy) is 1. The lowest BCUT2D eigenvalue weighted by Gasteiger charge is -2.19. The molecule has 17 heavy (non-hydrogen) atoms. The normalized spacial score (nSPS) is 13.2. The molecule has 3 nitrogen and oxygen atoms in total. The van der Waals surface area contributed by atoms with E-state index in [9.17, 15) is 0 Å². The van der Waals surface area contributed by atoms with Gasteiger partial charge in [0.2, 0.25) is 0 Å². The molecule has 96 valence electrons. The second-order valence-electron chi connectivity index (χ2n) is 5.06. The fourth-order valence-electron chi connectivity index (χ4n) is 1.79. The van der Waals surface area contributed by atoms with E-state index >= 15 is 0 Å². The van der Waals surface area contributed by atoms with Gasteiger partial charge < -0.3 is 15.4 Å². The number of nitrogens with zero attached hydrogens (tertiary/aromatic N) is 1. The highest BCUT2D eigenvalue weighted by molar-refractivity contribution is 5.37. The van der Waals surface area contributed by atoms with E-state index in [0.717, 1.165) is 23.4 Å². The zero-order valence-corrected chi connectivity index (χ0v) is 11.5. The summed E-state index contributed by atoms with van der Waals surface area (Å²) in [4.78, 5) is 2.10. The van der Waals surface area contributed by atoms with Gasteiger partial charge in [-0.1, -0.05) is 12.1 Å². The lowest BCUT2D eigenvalue weighted by Crippen LogP contribution is -2.26. The quantitative estimate of drug-likeness (QED) is 0.853. The van der Waals surface area contributed by atoms with Crippen molar-refractivity contribution in [1.29, 1.82) is 0 Å². The topological polar surface area (TPSA) is 38.5 Å². The van der Waals surface area contributed by atoms with Gasteiger partial charge in [-0.3, -0.25) is 0 Å². The minimum absolute atomic E-state index is 0.0526. The van der Waals surface area contributed by atoms with E-state index in [1.807, 2.05) is 34.0 Å². The summed E-state index contributed by atoms with van der Waals surface area (Å²) >= 11 is 0. The monoisotopic (exact) mass is 236 g/mol. The first-order valence-corrected chi connectivity index (χ1v) is 6.07. The number of aryl methyl sites for hydroxylation is 1. The van der Waals surface area contributed by atoms with Crippen LogP contribution in [0.4, 0.5) is 0 Å². The molecule has 1 aromatic rings. The Labute approximate surface area is 105 Å². The predicted octanol–water partition coefficient (Wildman–Crippen LogP) is 2.34. The summed E-state index contributed by atoms with van der Waals surface area (Å²) in [6.45, 7) is 6.98. The Kier molecular flexibility index (Phi) is 4.97. The van der Waals surface area contributed by atoms with Crippen LogP contribution >= 0.6 is 0 Å². The lowest BCUT2D eigenvalue weighted by atomic mass is 10.0. The van der Waals surface area contributed by atoms with Crippen molar-refractivity contribution in [3.8, 4) is 5.75 Å². The molecule has 0 aromatic heterocycles.